The lowest BCUT2D eigenvalue weighted by molar-refractivity contribution is 0.180. The Hall–Kier alpha value is -1.73. The SMILES string of the molecule is N#CNCC(O)c1cccc(O)c1. The van der Waals surface area contributed by atoms with Gasteiger partial charge in [0.1, 0.15) is 5.75 Å². The molecule has 4 nitrogen and oxygen atoms in total. The van der Waals surface area contributed by atoms with E-state index in [2.05, 4.69) is 5.32 Å². The largest absolute Gasteiger partial charge is 0.508 e. The van der Waals surface area contributed by atoms with E-state index in [1.165, 1.54) is 12.1 Å². The molecule has 0 aliphatic carbocycles. The fourth-order valence-electron chi connectivity index (χ4n) is 0.992. The number of phenolic OH excluding ortho intramolecular Hbond substituents is 1. The standard InChI is InChI=1S/C9H10N2O2/c10-6-11-5-9(13)7-2-1-3-8(12)4-7/h1-4,9,11-13H,5H2. The summed E-state index contributed by atoms with van der Waals surface area (Å²) in [5, 5.41) is 29.1. The second kappa shape index (κ2) is 4.33. The van der Waals surface area contributed by atoms with Gasteiger partial charge in [-0.1, -0.05) is 12.1 Å². The summed E-state index contributed by atoms with van der Waals surface area (Å²) in [6.07, 6.45) is 0.939. The van der Waals surface area contributed by atoms with Crippen molar-refractivity contribution in [3.8, 4) is 11.9 Å². The van der Waals surface area contributed by atoms with Crippen LogP contribution in [-0.4, -0.2) is 16.8 Å². The lowest BCUT2D eigenvalue weighted by Crippen LogP contribution is -2.16. The van der Waals surface area contributed by atoms with Gasteiger partial charge in [-0.25, -0.2) is 0 Å². The average Bonchev–Trinajstić information content (AvgIpc) is 2.14. The molecule has 13 heavy (non-hydrogen) atoms. The van der Waals surface area contributed by atoms with Crippen molar-refractivity contribution in [1.82, 2.24) is 5.32 Å². The predicted octanol–water partition coefficient (Wildman–Crippen LogP) is 0.496. The topological polar surface area (TPSA) is 76.3 Å². The van der Waals surface area contributed by atoms with Crippen LogP contribution in [-0.2, 0) is 0 Å². The van der Waals surface area contributed by atoms with Crippen molar-refractivity contribution < 1.29 is 10.2 Å². The van der Waals surface area contributed by atoms with Gasteiger partial charge in [0.25, 0.3) is 0 Å². The van der Waals surface area contributed by atoms with Crippen LogP contribution in [0.1, 0.15) is 11.7 Å². The molecule has 4 heteroatoms. The Labute approximate surface area is 76.1 Å². The molecule has 0 aliphatic heterocycles. The van der Waals surface area contributed by atoms with Crippen LogP contribution in [0.4, 0.5) is 0 Å². The summed E-state index contributed by atoms with van der Waals surface area (Å²) in [5.41, 5.74) is 0.586. The van der Waals surface area contributed by atoms with Crippen molar-refractivity contribution >= 4 is 0 Å². The Morgan fingerprint density at radius 3 is 2.92 bits per heavy atom. The lowest BCUT2D eigenvalue weighted by atomic mass is 10.1. The van der Waals surface area contributed by atoms with Crippen molar-refractivity contribution in [2.75, 3.05) is 6.54 Å². The van der Waals surface area contributed by atoms with E-state index in [-0.39, 0.29) is 12.3 Å². The zero-order chi connectivity index (χ0) is 9.68. The number of nitriles is 1. The van der Waals surface area contributed by atoms with E-state index in [4.69, 9.17) is 10.4 Å². The molecule has 3 N–H and O–H groups in total. The highest BCUT2D eigenvalue weighted by Gasteiger charge is 2.06. The number of aliphatic hydroxyl groups is 1. The van der Waals surface area contributed by atoms with Gasteiger partial charge in [0.05, 0.1) is 12.6 Å². The maximum atomic E-state index is 9.45. The third kappa shape index (κ3) is 2.65. The monoisotopic (exact) mass is 178 g/mol. The molecule has 0 spiro atoms. The Balaban J connectivity index is 2.66. The van der Waals surface area contributed by atoms with Gasteiger partial charge in [-0.15, -0.1) is 0 Å². The van der Waals surface area contributed by atoms with Crippen LogP contribution in [0.15, 0.2) is 24.3 Å². The van der Waals surface area contributed by atoms with Crippen molar-refractivity contribution in [1.29, 1.82) is 5.26 Å². The maximum absolute atomic E-state index is 9.45. The van der Waals surface area contributed by atoms with Gasteiger partial charge < -0.3 is 15.5 Å². The second-order valence-corrected chi connectivity index (χ2v) is 2.60. The molecule has 0 aliphatic rings. The Kier molecular flexibility index (Phi) is 3.12. The van der Waals surface area contributed by atoms with Crippen LogP contribution in [0, 0.1) is 11.5 Å². The normalized spacial score (nSPS) is 11.7. The summed E-state index contributed by atoms with van der Waals surface area (Å²) in [7, 11) is 0. The van der Waals surface area contributed by atoms with Crippen LogP contribution in [0.2, 0.25) is 0 Å². The molecule has 1 aromatic carbocycles. The summed E-state index contributed by atoms with van der Waals surface area (Å²) in [4.78, 5) is 0. The van der Waals surface area contributed by atoms with E-state index >= 15 is 0 Å². The van der Waals surface area contributed by atoms with Gasteiger partial charge in [0.2, 0.25) is 0 Å². The van der Waals surface area contributed by atoms with Gasteiger partial charge in [0, 0.05) is 0 Å². The van der Waals surface area contributed by atoms with E-state index in [9.17, 15) is 5.11 Å². The number of aliphatic hydroxyl groups excluding tert-OH is 1. The number of hydrogen-bond donors (Lipinski definition) is 3. The number of nitrogens with one attached hydrogen (secondary N) is 1. The highest BCUT2D eigenvalue weighted by molar-refractivity contribution is 5.28. The molecular formula is C9H10N2O2. The first-order chi connectivity index (χ1) is 6.24. The molecule has 1 aromatic rings. The summed E-state index contributed by atoms with van der Waals surface area (Å²) < 4.78 is 0. The highest BCUT2D eigenvalue weighted by atomic mass is 16.3. The minimum atomic E-state index is -0.772. The lowest BCUT2D eigenvalue weighted by Gasteiger charge is -2.09. The summed E-state index contributed by atoms with van der Waals surface area (Å²) >= 11 is 0. The Bertz CT molecular complexity index is 320. The number of phenols is 1. The minimum Gasteiger partial charge on any atom is -0.508 e. The van der Waals surface area contributed by atoms with E-state index in [1.807, 2.05) is 0 Å². The smallest absolute Gasteiger partial charge is 0.176 e. The predicted molar refractivity (Wildman–Crippen MR) is 46.7 cm³/mol. The van der Waals surface area contributed by atoms with Crippen LogP contribution in [0.25, 0.3) is 0 Å². The van der Waals surface area contributed by atoms with Gasteiger partial charge in [-0.05, 0) is 17.7 Å². The molecule has 0 saturated heterocycles. The van der Waals surface area contributed by atoms with Crippen LogP contribution in [0.5, 0.6) is 5.75 Å². The van der Waals surface area contributed by atoms with Gasteiger partial charge in [-0.3, -0.25) is 0 Å². The first-order valence-electron chi connectivity index (χ1n) is 3.83. The number of aromatic hydroxyl groups is 1. The molecule has 0 bridgehead atoms. The summed E-state index contributed by atoms with van der Waals surface area (Å²) in [6, 6.07) is 6.31. The number of benzene rings is 1. The third-order valence-corrected chi connectivity index (χ3v) is 1.63. The van der Waals surface area contributed by atoms with Crippen molar-refractivity contribution in [3.63, 3.8) is 0 Å². The van der Waals surface area contributed by atoms with Crippen LogP contribution >= 0.6 is 0 Å². The molecule has 1 atom stereocenters. The summed E-state index contributed by atoms with van der Waals surface area (Å²) in [5.74, 6) is 0.105. The van der Waals surface area contributed by atoms with Crippen molar-refractivity contribution in [2.45, 2.75) is 6.10 Å². The van der Waals surface area contributed by atoms with E-state index in [1.54, 1.807) is 18.3 Å². The molecule has 0 aromatic heterocycles. The van der Waals surface area contributed by atoms with E-state index in [0.29, 0.717) is 5.56 Å². The number of rotatable bonds is 3. The molecule has 1 rings (SSSR count). The van der Waals surface area contributed by atoms with Gasteiger partial charge in [-0.2, -0.15) is 5.26 Å². The highest BCUT2D eigenvalue weighted by Crippen LogP contribution is 2.17. The Morgan fingerprint density at radius 1 is 1.54 bits per heavy atom. The molecule has 0 fully saturated rings. The van der Waals surface area contributed by atoms with Crippen LogP contribution in [0.3, 0.4) is 0 Å². The fraction of sp³-hybridized carbons (Fsp3) is 0.222. The Morgan fingerprint density at radius 2 is 2.31 bits per heavy atom. The zero-order valence-electron chi connectivity index (χ0n) is 6.94. The minimum absolute atomic E-state index is 0.105. The van der Waals surface area contributed by atoms with Crippen molar-refractivity contribution in [3.05, 3.63) is 29.8 Å². The zero-order valence-corrected chi connectivity index (χ0v) is 6.94. The molecule has 1 unspecified atom stereocenters. The van der Waals surface area contributed by atoms with Gasteiger partial charge >= 0.3 is 0 Å². The maximum Gasteiger partial charge on any atom is 0.176 e. The summed E-state index contributed by atoms with van der Waals surface area (Å²) in [6.45, 7) is 0.153. The fourth-order valence-corrected chi connectivity index (χ4v) is 0.992. The average molecular weight is 178 g/mol. The first-order valence-corrected chi connectivity index (χ1v) is 3.83. The molecule has 0 radical (unpaired) electrons. The number of nitrogens with zero attached hydrogens (tertiary/aromatic N) is 1. The van der Waals surface area contributed by atoms with E-state index < -0.39 is 6.10 Å². The molecule has 0 saturated carbocycles. The molecular weight excluding hydrogens is 168 g/mol. The van der Waals surface area contributed by atoms with Crippen molar-refractivity contribution in [2.24, 2.45) is 0 Å². The number of hydrogen-bond acceptors (Lipinski definition) is 4. The molecule has 0 amide bonds. The first kappa shape index (κ1) is 9.36. The van der Waals surface area contributed by atoms with Gasteiger partial charge in [0.15, 0.2) is 6.19 Å². The quantitative estimate of drug-likeness (QED) is 0.465. The third-order valence-electron chi connectivity index (χ3n) is 1.63. The van der Waals surface area contributed by atoms with Crippen LogP contribution < -0.4 is 5.32 Å². The van der Waals surface area contributed by atoms with E-state index in [0.717, 1.165) is 0 Å². The molecule has 0 heterocycles. The molecule has 68 valence electrons. The second-order valence-electron chi connectivity index (χ2n) is 2.60.